The highest BCUT2D eigenvalue weighted by Gasteiger charge is 2.49. The van der Waals surface area contributed by atoms with E-state index in [2.05, 4.69) is 11.1 Å². The van der Waals surface area contributed by atoms with Crippen molar-refractivity contribution in [2.24, 2.45) is 0 Å². The van der Waals surface area contributed by atoms with Gasteiger partial charge in [-0.2, -0.15) is 5.26 Å². The van der Waals surface area contributed by atoms with Crippen molar-refractivity contribution in [2.75, 3.05) is 4.90 Å². The molecule has 1 aliphatic rings. The highest BCUT2D eigenvalue weighted by Crippen LogP contribution is 2.43. The Morgan fingerprint density at radius 3 is 2.41 bits per heavy atom. The number of nitrogens with zero attached hydrogens (tertiary/aromatic N) is 4. The number of benzene rings is 2. The molecule has 2 aromatic carbocycles. The summed E-state index contributed by atoms with van der Waals surface area (Å²) in [6.07, 6.45) is 2.07. The third-order valence-electron chi connectivity index (χ3n) is 5.14. The number of aromatic nitrogens is 2. The Morgan fingerprint density at radius 1 is 1.21 bits per heavy atom. The van der Waals surface area contributed by atoms with Crippen LogP contribution in [0.2, 0.25) is 10.0 Å². The summed E-state index contributed by atoms with van der Waals surface area (Å²) in [4.78, 5) is 19.4. The van der Waals surface area contributed by atoms with Crippen molar-refractivity contribution in [2.45, 2.75) is 25.8 Å². The van der Waals surface area contributed by atoms with E-state index in [0.717, 1.165) is 11.3 Å². The number of fused-ring (bicyclic) bond motifs is 1. The zero-order valence-electron chi connectivity index (χ0n) is 15.6. The van der Waals surface area contributed by atoms with Gasteiger partial charge < -0.3 is 0 Å². The molecule has 8 heteroatoms. The Bertz CT molecular complexity index is 1160. The molecule has 0 radical (unpaired) electrons. The van der Waals surface area contributed by atoms with E-state index in [1.807, 2.05) is 30.5 Å². The number of carbonyl (C=O) groups is 1. The van der Waals surface area contributed by atoms with Gasteiger partial charge in [0.25, 0.3) is 5.91 Å². The zero-order chi connectivity index (χ0) is 20.9. The minimum atomic E-state index is -0.961. The first-order valence-corrected chi connectivity index (χ1v) is 9.55. The van der Waals surface area contributed by atoms with Crippen molar-refractivity contribution in [1.29, 1.82) is 5.26 Å². The first-order valence-electron chi connectivity index (χ1n) is 8.79. The monoisotopic (exact) mass is 428 g/mol. The van der Waals surface area contributed by atoms with Crippen LogP contribution >= 0.6 is 23.2 Å². The molecule has 0 fully saturated rings. The predicted octanol–water partition coefficient (Wildman–Crippen LogP) is 5.15. The molecule has 4 rings (SSSR count). The average Bonchev–Trinajstić information content (AvgIpc) is 3.17. The number of carbonyl (C=O) groups excluding carboxylic acids is 1. The molecule has 1 atom stereocenters. The summed E-state index contributed by atoms with van der Waals surface area (Å²) in [5.41, 5.74) is 1.65. The van der Waals surface area contributed by atoms with E-state index in [0.29, 0.717) is 23.6 Å². The molecule has 146 valence electrons. The Morgan fingerprint density at radius 2 is 1.83 bits per heavy atom. The van der Waals surface area contributed by atoms with Crippen LogP contribution in [0, 0.1) is 24.1 Å². The largest absolute Gasteiger partial charge is 0.299 e. The van der Waals surface area contributed by atoms with Gasteiger partial charge in [0.15, 0.2) is 5.82 Å². The summed E-state index contributed by atoms with van der Waals surface area (Å²) in [5.74, 6) is -0.544. The number of hydrogen-bond acceptors (Lipinski definition) is 3. The molecule has 1 aromatic heterocycles. The maximum atomic E-state index is 13.9. The fourth-order valence-corrected chi connectivity index (χ4v) is 4.25. The van der Waals surface area contributed by atoms with Crippen molar-refractivity contribution in [3.05, 3.63) is 75.3 Å². The van der Waals surface area contributed by atoms with Crippen LogP contribution in [0.4, 0.5) is 16.0 Å². The maximum Gasteiger partial charge on any atom is 0.260 e. The minimum Gasteiger partial charge on any atom is -0.299 e. The van der Waals surface area contributed by atoms with Crippen LogP contribution in [0.3, 0.4) is 0 Å². The van der Waals surface area contributed by atoms with Crippen LogP contribution in [-0.4, -0.2) is 15.5 Å². The van der Waals surface area contributed by atoms with E-state index in [9.17, 15) is 9.18 Å². The van der Waals surface area contributed by atoms with Crippen LogP contribution in [0.25, 0.3) is 0 Å². The Labute approximate surface area is 176 Å². The lowest BCUT2D eigenvalue weighted by molar-refractivity contribution is -0.124. The second-order valence-electron chi connectivity index (χ2n) is 7.16. The summed E-state index contributed by atoms with van der Waals surface area (Å²) in [5, 5.41) is 8.66. The molecular weight excluding hydrogens is 414 g/mol. The smallest absolute Gasteiger partial charge is 0.260 e. The van der Waals surface area contributed by atoms with Crippen molar-refractivity contribution < 1.29 is 9.18 Å². The van der Waals surface area contributed by atoms with Crippen LogP contribution in [0.15, 0.2) is 42.6 Å². The standard InChI is InChI=1S/C21H15Cl2FN4O/c1-12-11-26-20-27(15-7-16(22)18(24)17(23)8-15)19(29)21(2,28(12)20)9-13-3-5-14(10-25)6-4-13/h3-8,11H,9H2,1-2H3/t21-/m1/s1. The van der Waals surface area contributed by atoms with Crippen LogP contribution < -0.4 is 4.90 Å². The Kier molecular flexibility index (Phi) is 4.60. The van der Waals surface area contributed by atoms with Crippen molar-refractivity contribution >= 4 is 40.7 Å². The number of amides is 1. The fourth-order valence-electron chi connectivity index (χ4n) is 3.77. The van der Waals surface area contributed by atoms with Gasteiger partial charge in [-0.05, 0) is 43.7 Å². The van der Waals surface area contributed by atoms with Gasteiger partial charge in [0.2, 0.25) is 5.95 Å². The van der Waals surface area contributed by atoms with E-state index in [1.165, 1.54) is 17.0 Å². The Balaban J connectivity index is 1.82. The summed E-state index contributed by atoms with van der Waals surface area (Å²) < 4.78 is 15.7. The molecule has 1 amide bonds. The van der Waals surface area contributed by atoms with Crippen molar-refractivity contribution in [3.63, 3.8) is 0 Å². The van der Waals surface area contributed by atoms with E-state index in [1.54, 1.807) is 18.3 Å². The number of aryl methyl sites for hydroxylation is 1. The zero-order valence-corrected chi connectivity index (χ0v) is 17.1. The first-order chi connectivity index (χ1) is 13.8. The van der Waals surface area contributed by atoms with Crippen LogP contribution in [0.5, 0.6) is 0 Å². The molecule has 0 aliphatic carbocycles. The molecule has 0 N–H and O–H groups in total. The second-order valence-corrected chi connectivity index (χ2v) is 7.97. The van der Waals surface area contributed by atoms with E-state index >= 15 is 0 Å². The van der Waals surface area contributed by atoms with Crippen LogP contribution in [-0.2, 0) is 16.8 Å². The molecule has 0 unspecified atom stereocenters. The van der Waals surface area contributed by atoms with E-state index in [-0.39, 0.29) is 16.0 Å². The highest BCUT2D eigenvalue weighted by atomic mass is 35.5. The molecule has 1 aliphatic heterocycles. The molecule has 0 bridgehead atoms. The molecule has 0 spiro atoms. The molecule has 5 nitrogen and oxygen atoms in total. The quantitative estimate of drug-likeness (QED) is 0.542. The highest BCUT2D eigenvalue weighted by molar-refractivity contribution is 6.35. The van der Waals surface area contributed by atoms with Gasteiger partial charge >= 0.3 is 0 Å². The number of nitriles is 1. The third kappa shape index (κ3) is 2.98. The maximum absolute atomic E-state index is 13.9. The SMILES string of the molecule is Cc1cnc2n1[C@](C)(Cc1ccc(C#N)cc1)C(=O)N2c1cc(Cl)c(F)c(Cl)c1. The van der Waals surface area contributed by atoms with Gasteiger partial charge in [-0.3, -0.25) is 9.36 Å². The first kappa shape index (κ1) is 19.4. The van der Waals surface area contributed by atoms with Gasteiger partial charge in [-0.15, -0.1) is 0 Å². The minimum absolute atomic E-state index is 0.171. The van der Waals surface area contributed by atoms with Gasteiger partial charge in [-0.1, -0.05) is 35.3 Å². The number of rotatable bonds is 3. The van der Waals surface area contributed by atoms with Crippen molar-refractivity contribution in [3.8, 4) is 6.07 Å². The Hall–Kier alpha value is -2.88. The number of anilines is 2. The third-order valence-corrected chi connectivity index (χ3v) is 5.69. The molecule has 0 saturated heterocycles. The molecule has 29 heavy (non-hydrogen) atoms. The normalized spacial score (nSPS) is 18.1. The lowest BCUT2D eigenvalue weighted by atomic mass is 9.91. The predicted molar refractivity (Wildman–Crippen MR) is 109 cm³/mol. The summed E-state index contributed by atoms with van der Waals surface area (Å²) in [6.45, 7) is 3.70. The average molecular weight is 429 g/mol. The van der Waals surface area contributed by atoms with Gasteiger partial charge in [0.05, 0.1) is 33.6 Å². The molecule has 3 aromatic rings. The number of halogens is 3. The molecule has 2 heterocycles. The molecule has 0 saturated carbocycles. The number of imidazole rings is 1. The molecular formula is C21H15Cl2FN4O. The van der Waals surface area contributed by atoms with Gasteiger partial charge in [0, 0.05) is 12.1 Å². The number of hydrogen-bond donors (Lipinski definition) is 0. The summed E-state index contributed by atoms with van der Waals surface area (Å²) in [7, 11) is 0. The van der Waals surface area contributed by atoms with Gasteiger partial charge in [0.1, 0.15) is 5.54 Å². The van der Waals surface area contributed by atoms with Crippen LogP contribution in [0.1, 0.15) is 23.7 Å². The van der Waals surface area contributed by atoms with E-state index < -0.39 is 11.4 Å². The van der Waals surface area contributed by atoms with Gasteiger partial charge in [-0.25, -0.2) is 14.3 Å². The second kappa shape index (κ2) is 6.87. The lowest BCUT2D eigenvalue weighted by Gasteiger charge is -2.26. The fraction of sp³-hybridized carbons (Fsp3) is 0.190. The van der Waals surface area contributed by atoms with E-state index in [4.69, 9.17) is 28.5 Å². The topological polar surface area (TPSA) is 61.9 Å². The lowest BCUT2D eigenvalue weighted by Crippen LogP contribution is -2.41. The van der Waals surface area contributed by atoms with Crippen molar-refractivity contribution in [1.82, 2.24) is 9.55 Å². The summed E-state index contributed by atoms with van der Waals surface area (Å²) >= 11 is 11.9. The summed E-state index contributed by atoms with van der Waals surface area (Å²) in [6, 6.07) is 11.9.